The minimum absolute atomic E-state index is 0.0982. The van der Waals surface area contributed by atoms with E-state index in [0.717, 1.165) is 12.4 Å². The molecule has 1 saturated heterocycles. The van der Waals surface area contributed by atoms with E-state index in [0.29, 0.717) is 12.3 Å². The van der Waals surface area contributed by atoms with Crippen LogP contribution in [-0.2, 0) is 10.8 Å². The Balaban J connectivity index is 2.18. The van der Waals surface area contributed by atoms with Crippen LogP contribution in [0.1, 0.15) is 34.8 Å². The molecule has 1 aromatic rings. The summed E-state index contributed by atoms with van der Waals surface area (Å²) >= 11 is 0. The summed E-state index contributed by atoms with van der Waals surface area (Å²) in [7, 11) is -0.926. The topological polar surface area (TPSA) is 100 Å². The number of hydrogen-bond acceptors (Lipinski definition) is 5. The van der Waals surface area contributed by atoms with Crippen molar-refractivity contribution >= 4 is 22.7 Å². The smallest absolute Gasteiger partial charge is 0.356 e. The molecule has 8 heteroatoms. The first-order valence-electron chi connectivity index (χ1n) is 6.15. The van der Waals surface area contributed by atoms with Crippen molar-refractivity contribution in [3.63, 3.8) is 0 Å². The van der Waals surface area contributed by atoms with Crippen LogP contribution in [0.5, 0.6) is 0 Å². The summed E-state index contributed by atoms with van der Waals surface area (Å²) in [6, 6.07) is -0.155. The summed E-state index contributed by atoms with van der Waals surface area (Å²) in [6.45, 7) is 4.09. The number of nitrogens with zero attached hydrogens (tertiary/aromatic N) is 3. The van der Waals surface area contributed by atoms with Gasteiger partial charge in [-0.05, 0) is 13.8 Å². The highest BCUT2D eigenvalue weighted by Crippen LogP contribution is 2.18. The molecule has 7 nitrogen and oxygen atoms in total. The number of aromatic carboxylic acids is 1. The fourth-order valence-electron chi connectivity index (χ4n) is 2.03. The third-order valence-corrected chi connectivity index (χ3v) is 5.28. The molecule has 1 aliphatic heterocycles. The summed E-state index contributed by atoms with van der Waals surface area (Å²) in [6.07, 6.45) is 2.22. The molecule has 20 heavy (non-hydrogen) atoms. The number of carbonyl (C=O) groups is 2. The Kier molecular flexibility index (Phi) is 4.12. The average Bonchev–Trinajstić information content (AvgIpc) is 2.44. The van der Waals surface area contributed by atoms with Crippen LogP contribution in [0, 0.1) is 0 Å². The highest BCUT2D eigenvalue weighted by molar-refractivity contribution is 7.85. The molecule has 0 bridgehead atoms. The molecular weight excluding hydrogens is 282 g/mol. The zero-order valence-electron chi connectivity index (χ0n) is 11.1. The van der Waals surface area contributed by atoms with E-state index in [4.69, 9.17) is 5.11 Å². The third kappa shape index (κ3) is 2.69. The Morgan fingerprint density at radius 1 is 1.30 bits per heavy atom. The van der Waals surface area contributed by atoms with E-state index < -0.39 is 16.8 Å². The lowest BCUT2D eigenvalue weighted by Crippen LogP contribution is -2.52. The lowest BCUT2D eigenvalue weighted by Gasteiger charge is -2.36. The highest BCUT2D eigenvalue weighted by atomic mass is 32.2. The van der Waals surface area contributed by atoms with Crippen LogP contribution in [0.4, 0.5) is 0 Å². The summed E-state index contributed by atoms with van der Waals surface area (Å²) in [5.41, 5.74) is -0.107. The van der Waals surface area contributed by atoms with Gasteiger partial charge >= 0.3 is 5.97 Å². The van der Waals surface area contributed by atoms with Gasteiger partial charge in [-0.3, -0.25) is 9.00 Å². The third-order valence-electron chi connectivity index (χ3n) is 3.47. The molecule has 2 rings (SSSR count). The maximum atomic E-state index is 12.3. The maximum Gasteiger partial charge on any atom is 0.356 e. The number of hydrogen-bond donors (Lipinski definition) is 1. The van der Waals surface area contributed by atoms with E-state index in [1.165, 1.54) is 0 Å². The van der Waals surface area contributed by atoms with E-state index in [1.54, 1.807) is 4.90 Å². The Morgan fingerprint density at radius 2 is 1.90 bits per heavy atom. The maximum absolute atomic E-state index is 12.3. The van der Waals surface area contributed by atoms with Crippen LogP contribution in [0.3, 0.4) is 0 Å². The van der Waals surface area contributed by atoms with Gasteiger partial charge in [-0.15, -0.1) is 0 Å². The lowest BCUT2D eigenvalue weighted by atomic mass is 10.2. The van der Waals surface area contributed by atoms with Crippen molar-refractivity contribution in [2.45, 2.75) is 25.1 Å². The van der Waals surface area contributed by atoms with Crippen molar-refractivity contribution in [3.05, 3.63) is 23.8 Å². The molecule has 0 aromatic carbocycles. The summed E-state index contributed by atoms with van der Waals surface area (Å²) in [4.78, 5) is 32.1. The zero-order valence-corrected chi connectivity index (χ0v) is 12.0. The van der Waals surface area contributed by atoms with E-state index in [-0.39, 0.29) is 28.6 Å². The highest BCUT2D eigenvalue weighted by Gasteiger charge is 2.33. The Hall–Kier alpha value is -1.83. The van der Waals surface area contributed by atoms with Gasteiger partial charge in [0.1, 0.15) is 5.69 Å². The van der Waals surface area contributed by atoms with Crippen LogP contribution in [0.2, 0.25) is 0 Å². The predicted octanol–water partition coefficient (Wildman–Crippen LogP) is 0.156. The van der Waals surface area contributed by atoms with Gasteiger partial charge in [0.15, 0.2) is 5.69 Å². The van der Waals surface area contributed by atoms with Gasteiger partial charge in [0.25, 0.3) is 5.91 Å². The molecule has 2 heterocycles. The van der Waals surface area contributed by atoms with Crippen LogP contribution < -0.4 is 0 Å². The van der Waals surface area contributed by atoms with Crippen molar-refractivity contribution < 1.29 is 18.9 Å². The molecular formula is C12H15N3O4S. The van der Waals surface area contributed by atoms with Gasteiger partial charge in [0.2, 0.25) is 0 Å². The van der Waals surface area contributed by atoms with E-state index in [9.17, 15) is 13.8 Å². The molecule has 1 aromatic heterocycles. The number of rotatable bonds is 2. The normalized spacial score (nSPS) is 26.3. The van der Waals surface area contributed by atoms with Crippen LogP contribution in [0.15, 0.2) is 12.4 Å². The van der Waals surface area contributed by atoms with Gasteiger partial charge in [0.05, 0.1) is 17.6 Å². The van der Waals surface area contributed by atoms with Crippen molar-refractivity contribution in [2.24, 2.45) is 0 Å². The Morgan fingerprint density at radius 3 is 2.45 bits per heavy atom. The summed E-state index contributed by atoms with van der Waals surface area (Å²) in [5, 5.41) is 8.64. The molecule has 0 radical (unpaired) electrons. The lowest BCUT2D eigenvalue weighted by molar-refractivity contribution is 0.0672. The number of carbonyl (C=O) groups excluding carboxylic acids is 1. The van der Waals surface area contributed by atoms with Crippen LogP contribution in [0.25, 0.3) is 0 Å². The molecule has 0 aliphatic carbocycles. The molecule has 108 valence electrons. The number of carboxylic acids is 1. The van der Waals surface area contributed by atoms with E-state index >= 15 is 0 Å². The van der Waals surface area contributed by atoms with Crippen molar-refractivity contribution in [1.82, 2.24) is 14.9 Å². The second-order valence-corrected chi connectivity index (χ2v) is 6.53. The number of carboxylic acid groups (broad SMARTS) is 1. The van der Waals surface area contributed by atoms with Crippen LogP contribution >= 0.6 is 0 Å². The largest absolute Gasteiger partial charge is 0.476 e. The molecule has 1 aliphatic rings. The summed E-state index contributed by atoms with van der Waals surface area (Å²) in [5.74, 6) is -1.06. The summed E-state index contributed by atoms with van der Waals surface area (Å²) < 4.78 is 11.7. The molecule has 3 atom stereocenters. The first-order valence-corrected chi connectivity index (χ1v) is 7.53. The first-order chi connectivity index (χ1) is 9.41. The van der Waals surface area contributed by atoms with E-state index in [2.05, 4.69) is 9.97 Å². The fourth-order valence-corrected chi connectivity index (χ4v) is 3.37. The van der Waals surface area contributed by atoms with Gasteiger partial charge in [0, 0.05) is 29.1 Å². The number of aromatic nitrogens is 2. The Labute approximate surface area is 118 Å². The molecule has 0 spiro atoms. The van der Waals surface area contributed by atoms with E-state index in [1.807, 2.05) is 13.8 Å². The second-order valence-electron chi connectivity index (χ2n) is 4.62. The quantitative estimate of drug-likeness (QED) is 0.834. The molecule has 0 saturated carbocycles. The second kappa shape index (κ2) is 5.66. The predicted molar refractivity (Wildman–Crippen MR) is 72.0 cm³/mol. The van der Waals surface area contributed by atoms with Gasteiger partial charge in [-0.25, -0.2) is 14.8 Å². The van der Waals surface area contributed by atoms with Crippen molar-refractivity contribution in [2.75, 3.05) is 12.3 Å². The van der Waals surface area contributed by atoms with Gasteiger partial charge < -0.3 is 10.0 Å². The first kappa shape index (κ1) is 14.6. The standard InChI is InChI=1S/C12H15N3O4S/c1-7-8(2)20(19)4-3-15(7)11(16)9-5-14-10(6-13-9)12(17)18/h5-8H,3-4H2,1-2H3,(H,17,18). The fraction of sp³-hybridized carbons (Fsp3) is 0.500. The molecule has 1 N–H and O–H groups in total. The SMILES string of the molecule is CC1C(C)S(=O)CCN1C(=O)c1cnc(C(=O)O)cn1. The number of amides is 1. The Bertz CT molecular complexity index is 560. The minimum Gasteiger partial charge on any atom is -0.476 e. The molecule has 3 unspecified atom stereocenters. The van der Waals surface area contributed by atoms with Gasteiger partial charge in [-0.2, -0.15) is 0 Å². The molecule has 1 fully saturated rings. The van der Waals surface area contributed by atoms with Crippen LogP contribution in [-0.4, -0.2) is 59.6 Å². The monoisotopic (exact) mass is 297 g/mol. The molecule has 1 amide bonds. The zero-order chi connectivity index (χ0) is 14.9. The van der Waals surface area contributed by atoms with Crippen molar-refractivity contribution in [1.29, 1.82) is 0 Å². The van der Waals surface area contributed by atoms with Crippen molar-refractivity contribution in [3.8, 4) is 0 Å². The van der Waals surface area contributed by atoms with Gasteiger partial charge in [-0.1, -0.05) is 0 Å². The average molecular weight is 297 g/mol. The minimum atomic E-state index is -1.19.